The number of H-pyrrole nitrogens is 1. The van der Waals surface area contributed by atoms with Crippen LogP contribution in [-0.2, 0) is 6.42 Å². The minimum absolute atomic E-state index is 0.229. The van der Waals surface area contributed by atoms with Crippen molar-refractivity contribution in [3.8, 4) is 17.3 Å². The lowest BCUT2D eigenvalue weighted by Gasteiger charge is -1.97. The molecule has 2 N–H and O–H groups in total. The van der Waals surface area contributed by atoms with Gasteiger partial charge < -0.3 is 10.1 Å². The first kappa shape index (κ1) is 10.8. The topological polar surface area (TPSA) is 61.8 Å². The average molecular weight is 239 g/mol. The van der Waals surface area contributed by atoms with E-state index in [2.05, 4.69) is 21.9 Å². The van der Waals surface area contributed by atoms with E-state index in [0.717, 1.165) is 29.0 Å². The first-order valence-corrected chi connectivity index (χ1v) is 5.90. The van der Waals surface area contributed by atoms with Crippen molar-refractivity contribution in [3.05, 3.63) is 42.1 Å². The van der Waals surface area contributed by atoms with Gasteiger partial charge in [0.1, 0.15) is 11.4 Å². The Balaban J connectivity index is 2.07. The van der Waals surface area contributed by atoms with Gasteiger partial charge in [-0.1, -0.05) is 13.0 Å². The molecule has 0 aliphatic heterocycles. The molecule has 3 aromatic rings. The van der Waals surface area contributed by atoms with Crippen LogP contribution in [0.5, 0.6) is 5.75 Å². The van der Waals surface area contributed by atoms with Gasteiger partial charge in [-0.25, -0.2) is 4.98 Å². The zero-order valence-electron chi connectivity index (χ0n) is 10.0. The van der Waals surface area contributed by atoms with Gasteiger partial charge in [-0.05, 0) is 30.2 Å². The summed E-state index contributed by atoms with van der Waals surface area (Å²) in [5.41, 5.74) is 3.64. The Bertz CT molecular complexity index is 686. The summed E-state index contributed by atoms with van der Waals surface area (Å²) in [4.78, 5) is 12.0. The van der Waals surface area contributed by atoms with Crippen LogP contribution in [-0.4, -0.2) is 20.1 Å². The number of benzene rings is 1. The van der Waals surface area contributed by atoms with Crippen molar-refractivity contribution in [2.45, 2.75) is 13.3 Å². The Labute approximate surface area is 104 Å². The fourth-order valence-electron chi connectivity index (χ4n) is 1.89. The molecule has 0 bridgehead atoms. The van der Waals surface area contributed by atoms with E-state index in [1.807, 2.05) is 18.3 Å². The van der Waals surface area contributed by atoms with Crippen LogP contribution >= 0.6 is 0 Å². The summed E-state index contributed by atoms with van der Waals surface area (Å²) in [5, 5.41) is 9.41. The summed E-state index contributed by atoms with van der Waals surface area (Å²) in [6.07, 6.45) is 2.83. The molecule has 18 heavy (non-hydrogen) atoms. The molecule has 90 valence electrons. The Morgan fingerprint density at radius 1 is 1.22 bits per heavy atom. The normalized spacial score (nSPS) is 10.9. The van der Waals surface area contributed by atoms with Crippen LogP contribution in [0, 0.1) is 0 Å². The number of nitrogens with zero attached hydrogens (tertiary/aromatic N) is 2. The van der Waals surface area contributed by atoms with Crippen molar-refractivity contribution < 1.29 is 5.11 Å². The Morgan fingerprint density at radius 3 is 2.83 bits per heavy atom. The molecule has 0 fully saturated rings. The van der Waals surface area contributed by atoms with E-state index in [1.54, 1.807) is 18.2 Å². The van der Waals surface area contributed by atoms with E-state index in [9.17, 15) is 5.11 Å². The molecular formula is C14H13N3O. The first-order chi connectivity index (χ1) is 8.76. The van der Waals surface area contributed by atoms with Gasteiger partial charge >= 0.3 is 0 Å². The van der Waals surface area contributed by atoms with Crippen LogP contribution in [0.1, 0.15) is 12.5 Å². The highest BCUT2D eigenvalue weighted by Crippen LogP contribution is 2.22. The van der Waals surface area contributed by atoms with Crippen molar-refractivity contribution in [3.63, 3.8) is 0 Å². The first-order valence-electron chi connectivity index (χ1n) is 5.90. The number of imidazole rings is 1. The molecule has 0 atom stereocenters. The molecule has 0 aliphatic carbocycles. The highest BCUT2D eigenvalue weighted by atomic mass is 16.3. The molecule has 0 radical (unpaired) electrons. The number of aryl methyl sites for hydroxylation is 1. The van der Waals surface area contributed by atoms with Gasteiger partial charge in [0.2, 0.25) is 0 Å². The molecule has 0 unspecified atom stereocenters. The van der Waals surface area contributed by atoms with Crippen molar-refractivity contribution in [2.75, 3.05) is 0 Å². The van der Waals surface area contributed by atoms with Crippen LogP contribution < -0.4 is 0 Å². The summed E-state index contributed by atoms with van der Waals surface area (Å²) in [7, 11) is 0. The number of hydrogen-bond acceptors (Lipinski definition) is 3. The monoisotopic (exact) mass is 239 g/mol. The van der Waals surface area contributed by atoms with Gasteiger partial charge in [-0.2, -0.15) is 0 Å². The quantitative estimate of drug-likeness (QED) is 0.722. The third-order valence-corrected chi connectivity index (χ3v) is 2.94. The van der Waals surface area contributed by atoms with Gasteiger partial charge in [0.05, 0.1) is 11.0 Å². The number of aromatic amines is 1. The van der Waals surface area contributed by atoms with Gasteiger partial charge in [0.15, 0.2) is 5.82 Å². The molecule has 1 aromatic carbocycles. The third kappa shape index (κ3) is 1.82. The SMILES string of the molecule is CCc1ccc(-c2nc3ccc(O)cc3[nH]2)nc1. The number of pyridine rings is 1. The number of nitrogens with one attached hydrogen (secondary N) is 1. The van der Waals surface area contributed by atoms with E-state index in [1.165, 1.54) is 5.56 Å². The van der Waals surface area contributed by atoms with Gasteiger partial charge in [-0.15, -0.1) is 0 Å². The standard InChI is InChI=1S/C14H13N3O/c1-2-9-3-5-12(15-8-9)14-16-11-6-4-10(18)7-13(11)17-14/h3-8,18H,2H2,1H3,(H,16,17). The molecular weight excluding hydrogens is 226 g/mol. The molecule has 0 saturated heterocycles. The minimum Gasteiger partial charge on any atom is -0.508 e. The molecule has 3 rings (SSSR count). The molecule has 0 spiro atoms. The third-order valence-electron chi connectivity index (χ3n) is 2.94. The second-order valence-corrected chi connectivity index (χ2v) is 4.19. The lowest BCUT2D eigenvalue weighted by Crippen LogP contribution is -1.87. The lowest BCUT2D eigenvalue weighted by molar-refractivity contribution is 0.476. The number of phenols is 1. The highest BCUT2D eigenvalue weighted by molar-refractivity contribution is 5.80. The molecule has 0 saturated carbocycles. The number of hydrogen-bond donors (Lipinski definition) is 2. The predicted octanol–water partition coefficient (Wildman–Crippen LogP) is 2.89. The second kappa shape index (κ2) is 4.14. The lowest BCUT2D eigenvalue weighted by atomic mass is 10.2. The van der Waals surface area contributed by atoms with Gasteiger partial charge in [-0.3, -0.25) is 4.98 Å². The Hall–Kier alpha value is -2.36. The number of phenolic OH excluding ortho intramolecular Hbond substituents is 1. The second-order valence-electron chi connectivity index (χ2n) is 4.19. The van der Waals surface area contributed by atoms with Crippen molar-refractivity contribution in [1.29, 1.82) is 0 Å². The molecule has 0 aliphatic rings. The maximum atomic E-state index is 9.41. The number of aromatic nitrogens is 3. The smallest absolute Gasteiger partial charge is 0.157 e. The van der Waals surface area contributed by atoms with Crippen LogP contribution in [0.3, 0.4) is 0 Å². The van der Waals surface area contributed by atoms with Crippen molar-refractivity contribution in [2.24, 2.45) is 0 Å². The number of fused-ring (bicyclic) bond motifs is 1. The molecule has 4 heteroatoms. The van der Waals surface area contributed by atoms with Gasteiger partial charge in [0, 0.05) is 12.3 Å². The highest BCUT2D eigenvalue weighted by Gasteiger charge is 2.06. The van der Waals surface area contributed by atoms with E-state index < -0.39 is 0 Å². The number of aromatic hydroxyl groups is 1. The summed E-state index contributed by atoms with van der Waals surface area (Å²) in [6.45, 7) is 2.10. The van der Waals surface area contributed by atoms with Crippen molar-refractivity contribution >= 4 is 11.0 Å². The Morgan fingerprint density at radius 2 is 2.11 bits per heavy atom. The Kier molecular flexibility index (Phi) is 2.48. The van der Waals surface area contributed by atoms with Crippen molar-refractivity contribution in [1.82, 2.24) is 15.0 Å². The summed E-state index contributed by atoms with van der Waals surface area (Å²) < 4.78 is 0. The number of rotatable bonds is 2. The van der Waals surface area contributed by atoms with E-state index in [-0.39, 0.29) is 5.75 Å². The van der Waals surface area contributed by atoms with E-state index in [0.29, 0.717) is 0 Å². The van der Waals surface area contributed by atoms with E-state index >= 15 is 0 Å². The molecule has 2 aromatic heterocycles. The van der Waals surface area contributed by atoms with Gasteiger partial charge in [0.25, 0.3) is 0 Å². The van der Waals surface area contributed by atoms with E-state index in [4.69, 9.17) is 0 Å². The largest absolute Gasteiger partial charge is 0.508 e. The average Bonchev–Trinajstić information content (AvgIpc) is 2.81. The predicted molar refractivity (Wildman–Crippen MR) is 70.4 cm³/mol. The summed E-state index contributed by atoms with van der Waals surface area (Å²) in [6, 6.07) is 9.07. The summed E-state index contributed by atoms with van der Waals surface area (Å²) in [5.74, 6) is 0.949. The molecule has 0 amide bonds. The zero-order chi connectivity index (χ0) is 12.5. The maximum Gasteiger partial charge on any atom is 0.157 e. The fraction of sp³-hybridized carbons (Fsp3) is 0.143. The fourth-order valence-corrected chi connectivity index (χ4v) is 1.89. The maximum absolute atomic E-state index is 9.41. The molecule has 2 heterocycles. The van der Waals surface area contributed by atoms with Crippen LogP contribution in [0.15, 0.2) is 36.5 Å². The van der Waals surface area contributed by atoms with Crippen LogP contribution in [0.4, 0.5) is 0 Å². The minimum atomic E-state index is 0.229. The zero-order valence-corrected chi connectivity index (χ0v) is 10.0. The van der Waals surface area contributed by atoms with Crippen LogP contribution in [0.25, 0.3) is 22.6 Å². The molecule has 4 nitrogen and oxygen atoms in total. The van der Waals surface area contributed by atoms with Crippen LogP contribution in [0.2, 0.25) is 0 Å². The summed E-state index contributed by atoms with van der Waals surface area (Å²) >= 11 is 0.